The second-order valence-electron chi connectivity index (χ2n) is 6.06. The van der Waals surface area contributed by atoms with Gasteiger partial charge in [0.05, 0.1) is 6.10 Å². The molecule has 2 rings (SSSR count). The average molecular weight is 312 g/mol. The molecule has 5 heteroatoms. The quantitative estimate of drug-likeness (QED) is 0.840. The third-order valence-electron chi connectivity index (χ3n) is 3.90. The van der Waals surface area contributed by atoms with E-state index in [1.54, 1.807) is 0 Å². The van der Waals surface area contributed by atoms with E-state index in [0.29, 0.717) is 19.1 Å². The van der Waals surface area contributed by atoms with Crippen molar-refractivity contribution < 1.29 is 5.11 Å². The molecule has 1 unspecified atom stereocenters. The fourth-order valence-electron chi connectivity index (χ4n) is 2.78. The van der Waals surface area contributed by atoms with Crippen molar-refractivity contribution in [3.05, 3.63) is 29.3 Å². The van der Waals surface area contributed by atoms with Crippen molar-refractivity contribution in [1.29, 1.82) is 0 Å². The highest BCUT2D eigenvalue weighted by molar-refractivity contribution is 6.30. The molecule has 0 bridgehead atoms. The monoisotopic (exact) mass is 311 g/mol. The molecule has 21 heavy (non-hydrogen) atoms. The summed E-state index contributed by atoms with van der Waals surface area (Å²) in [5.41, 5.74) is 1.24. The van der Waals surface area contributed by atoms with Gasteiger partial charge in [-0.1, -0.05) is 11.6 Å². The lowest BCUT2D eigenvalue weighted by atomic mass is 10.0. The fourth-order valence-corrected chi connectivity index (χ4v) is 2.91. The molecule has 1 aromatic rings. The Morgan fingerprint density at radius 2 is 1.90 bits per heavy atom. The van der Waals surface area contributed by atoms with Crippen molar-refractivity contribution in [2.45, 2.75) is 25.0 Å². The van der Waals surface area contributed by atoms with Gasteiger partial charge in [-0.05, 0) is 51.2 Å². The van der Waals surface area contributed by atoms with Gasteiger partial charge in [0.15, 0.2) is 0 Å². The van der Waals surface area contributed by atoms with Gasteiger partial charge in [-0.2, -0.15) is 0 Å². The summed E-state index contributed by atoms with van der Waals surface area (Å²) >= 11 is 5.92. The number of nitrogens with zero attached hydrogens (tertiary/aromatic N) is 2. The first-order valence-corrected chi connectivity index (χ1v) is 7.99. The number of hydrogen-bond donors (Lipinski definition) is 2. The highest BCUT2D eigenvalue weighted by atomic mass is 35.5. The van der Waals surface area contributed by atoms with Gasteiger partial charge >= 0.3 is 0 Å². The van der Waals surface area contributed by atoms with Crippen molar-refractivity contribution in [2.24, 2.45) is 0 Å². The van der Waals surface area contributed by atoms with E-state index in [-0.39, 0.29) is 6.10 Å². The smallest absolute Gasteiger partial charge is 0.0791 e. The molecule has 1 fully saturated rings. The molecule has 0 spiro atoms. The van der Waals surface area contributed by atoms with Crippen LogP contribution in [0.4, 0.5) is 5.69 Å². The van der Waals surface area contributed by atoms with Crippen LogP contribution in [-0.2, 0) is 0 Å². The van der Waals surface area contributed by atoms with E-state index < -0.39 is 0 Å². The van der Waals surface area contributed by atoms with Crippen molar-refractivity contribution in [2.75, 3.05) is 45.2 Å². The van der Waals surface area contributed by atoms with E-state index in [9.17, 15) is 5.11 Å². The number of aliphatic hydroxyl groups is 1. The first-order valence-electron chi connectivity index (χ1n) is 7.61. The first-order chi connectivity index (χ1) is 10.0. The molecule has 4 nitrogen and oxygen atoms in total. The summed E-state index contributed by atoms with van der Waals surface area (Å²) in [6, 6.07) is 8.55. The lowest BCUT2D eigenvalue weighted by molar-refractivity contribution is 0.130. The Kier molecular flexibility index (Phi) is 6.30. The molecular weight excluding hydrogens is 286 g/mol. The lowest BCUT2D eigenvalue weighted by Gasteiger charge is -2.34. The summed E-state index contributed by atoms with van der Waals surface area (Å²) in [7, 11) is 3.96. The van der Waals surface area contributed by atoms with Crippen LogP contribution in [0.15, 0.2) is 24.3 Å². The van der Waals surface area contributed by atoms with Crippen LogP contribution in [-0.4, -0.2) is 62.4 Å². The normalized spacial score (nSPS) is 18.2. The zero-order valence-electron chi connectivity index (χ0n) is 12.9. The summed E-state index contributed by atoms with van der Waals surface area (Å²) in [6.45, 7) is 3.46. The Morgan fingerprint density at radius 3 is 2.48 bits per heavy atom. The minimum absolute atomic E-state index is 0.297. The molecule has 2 N–H and O–H groups in total. The maximum Gasteiger partial charge on any atom is 0.0791 e. The second kappa shape index (κ2) is 7.99. The van der Waals surface area contributed by atoms with Crippen molar-refractivity contribution >= 4 is 17.3 Å². The number of likely N-dealkylation sites (N-methyl/N-ethyl adjacent to an activating group) is 1. The van der Waals surface area contributed by atoms with Crippen LogP contribution < -0.4 is 10.2 Å². The highest BCUT2D eigenvalue weighted by Crippen LogP contribution is 2.21. The number of nitrogens with one attached hydrogen (secondary N) is 1. The van der Waals surface area contributed by atoms with E-state index in [0.717, 1.165) is 31.0 Å². The molecule has 0 saturated carbocycles. The van der Waals surface area contributed by atoms with Crippen LogP contribution in [0.5, 0.6) is 0 Å². The molecule has 1 aromatic carbocycles. The zero-order chi connectivity index (χ0) is 15.2. The van der Waals surface area contributed by atoms with E-state index in [1.165, 1.54) is 5.69 Å². The van der Waals surface area contributed by atoms with Gasteiger partial charge < -0.3 is 20.2 Å². The van der Waals surface area contributed by atoms with Gasteiger partial charge in [0.2, 0.25) is 0 Å². The number of rotatable bonds is 6. The fraction of sp³-hybridized carbons (Fsp3) is 0.625. The van der Waals surface area contributed by atoms with Gasteiger partial charge in [-0.15, -0.1) is 0 Å². The van der Waals surface area contributed by atoms with E-state index in [1.807, 2.05) is 31.1 Å². The van der Waals surface area contributed by atoms with E-state index >= 15 is 0 Å². The first kappa shape index (κ1) is 16.6. The van der Waals surface area contributed by atoms with Gasteiger partial charge in [0.1, 0.15) is 0 Å². The van der Waals surface area contributed by atoms with Crippen LogP contribution in [0.2, 0.25) is 5.02 Å². The van der Waals surface area contributed by atoms with E-state index in [2.05, 4.69) is 22.3 Å². The summed E-state index contributed by atoms with van der Waals surface area (Å²) in [5.74, 6) is 0. The third kappa shape index (κ3) is 5.47. The number of anilines is 1. The molecule has 118 valence electrons. The third-order valence-corrected chi connectivity index (χ3v) is 4.16. The molecule has 0 aliphatic carbocycles. The molecule has 0 amide bonds. The molecule has 1 aliphatic rings. The number of piperidine rings is 1. The van der Waals surface area contributed by atoms with Crippen LogP contribution in [0.25, 0.3) is 0 Å². The van der Waals surface area contributed by atoms with Gasteiger partial charge in [-0.25, -0.2) is 0 Å². The summed E-state index contributed by atoms with van der Waals surface area (Å²) in [4.78, 5) is 4.40. The lowest BCUT2D eigenvalue weighted by Crippen LogP contribution is -2.46. The Bertz CT molecular complexity index is 416. The molecule has 1 aliphatic heterocycles. The standard InChI is InChI=1S/C16H26ClN3O/c1-19(2)12-16(21)11-18-14-7-9-20(10-8-14)15-5-3-13(17)4-6-15/h3-6,14,16,18,21H,7-12H2,1-2H3. The maximum atomic E-state index is 9.88. The molecule has 0 aromatic heterocycles. The predicted molar refractivity (Wildman–Crippen MR) is 89.3 cm³/mol. The number of halogens is 1. The van der Waals surface area contributed by atoms with Gasteiger partial charge in [0, 0.05) is 42.9 Å². The minimum Gasteiger partial charge on any atom is -0.390 e. The molecular formula is C16H26ClN3O. The molecule has 1 heterocycles. The average Bonchev–Trinajstić information content (AvgIpc) is 2.46. The molecule has 1 saturated heterocycles. The second-order valence-corrected chi connectivity index (χ2v) is 6.50. The summed E-state index contributed by atoms with van der Waals surface area (Å²) < 4.78 is 0. The maximum absolute atomic E-state index is 9.88. The van der Waals surface area contributed by atoms with Crippen LogP contribution in [0.1, 0.15) is 12.8 Å². The van der Waals surface area contributed by atoms with Crippen LogP contribution >= 0.6 is 11.6 Å². The van der Waals surface area contributed by atoms with Gasteiger partial charge in [0.25, 0.3) is 0 Å². The van der Waals surface area contributed by atoms with Crippen molar-refractivity contribution in [3.8, 4) is 0 Å². The Labute approximate surface area is 132 Å². The topological polar surface area (TPSA) is 38.7 Å². The Hall–Kier alpha value is -0.810. The van der Waals surface area contributed by atoms with Crippen molar-refractivity contribution in [1.82, 2.24) is 10.2 Å². The number of benzene rings is 1. The van der Waals surface area contributed by atoms with Crippen LogP contribution in [0, 0.1) is 0 Å². The number of hydrogen-bond acceptors (Lipinski definition) is 4. The summed E-state index contributed by atoms with van der Waals surface area (Å²) in [5, 5.41) is 14.1. The zero-order valence-corrected chi connectivity index (χ0v) is 13.7. The molecule has 1 atom stereocenters. The molecule has 0 radical (unpaired) electrons. The SMILES string of the molecule is CN(C)CC(O)CNC1CCN(c2ccc(Cl)cc2)CC1. The van der Waals surface area contributed by atoms with Gasteiger partial charge in [-0.3, -0.25) is 0 Å². The van der Waals surface area contributed by atoms with E-state index in [4.69, 9.17) is 11.6 Å². The van der Waals surface area contributed by atoms with Crippen LogP contribution in [0.3, 0.4) is 0 Å². The predicted octanol–water partition coefficient (Wildman–Crippen LogP) is 1.82. The van der Waals surface area contributed by atoms with Crippen molar-refractivity contribution in [3.63, 3.8) is 0 Å². The minimum atomic E-state index is -0.297. The Balaban J connectivity index is 1.72. The highest BCUT2D eigenvalue weighted by Gasteiger charge is 2.19. The largest absolute Gasteiger partial charge is 0.390 e. The summed E-state index contributed by atoms with van der Waals surface area (Å²) in [6.07, 6.45) is 1.92. The Morgan fingerprint density at radius 1 is 1.29 bits per heavy atom. The number of aliphatic hydroxyl groups excluding tert-OH is 1.